The Balaban J connectivity index is 1.67. The quantitative estimate of drug-likeness (QED) is 0.195. The molecule has 0 saturated heterocycles. The van der Waals surface area contributed by atoms with Crippen molar-refractivity contribution in [1.82, 2.24) is 4.98 Å². The summed E-state index contributed by atoms with van der Waals surface area (Å²) in [6.45, 7) is 0. The van der Waals surface area contributed by atoms with E-state index in [2.05, 4.69) is 135 Å². The van der Waals surface area contributed by atoms with E-state index in [1.54, 1.807) is 0 Å². The average molecular weight is 565 g/mol. The summed E-state index contributed by atoms with van der Waals surface area (Å²) >= 11 is 7.24. The zero-order chi connectivity index (χ0) is 23.1. The van der Waals surface area contributed by atoms with E-state index < -0.39 is 0 Å². The van der Waals surface area contributed by atoms with E-state index in [1.165, 1.54) is 27.1 Å². The van der Waals surface area contributed by atoms with Crippen molar-refractivity contribution >= 4 is 53.4 Å². The summed E-state index contributed by atoms with van der Waals surface area (Å²) in [4.78, 5) is 5.08. The highest BCUT2D eigenvalue weighted by molar-refractivity contribution is 9.10. The fourth-order valence-electron chi connectivity index (χ4n) is 4.57. The van der Waals surface area contributed by atoms with Gasteiger partial charge < -0.3 is 0 Å². The maximum Gasteiger partial charge on any atom is 0.0716 e. The number of aromatic nitrogens is 1. The van der Waals surface area contributed by atoms with Gasteiger partial charge in [-0.05, 0) is 75.1 Å². The molecule has 0 radical (unpaired) electrons. The lowest BCUT2D eigenvalue weighted by Crippen LogP contribution is -1.92. The van der Waals surface area contributed by atoms with E-state index in [9.17, 15) is 0 Å². The predicted octanol–water partition coefficient (Wildman–Crippen LogP) is 9.91. The lowest BCUT2D eigenvalue weighted by molar-refractivity contribution is 1.32. The van der Waals surface area contributed by atoms with Gasteiger partial charge in [-0.3, -0.25) is 0 Å². The third-order valence-electron chi connectivity index (χ3n) is 6.15. The number of hydrogen-bond donors (Lipinski definition) is 0. The van der Waals surface area contributed by atoms with Gasteiger partial charge >= 0.3 is 0 Å². The Morgan fingerprint density at radius 2 is 1.00 bits per heavy atom. The summed E-state index contributed by atoms with van der Waals surface area (Å²) in [6.07, 6.45) is 0. The Labute approximate surface area is 215 Å². The van der Waals surface area contributed by atoms with Crippen LogP contribution in [0.1, 0.15) is 0 Å². The van der Waals surface area contributed by atoms with Crippen molar-refractivity contribution in [1.29, 1.82) is 0 Å². The molecule has 0 N–H and O–H groups in total. The summed E-state index contributed by atoms with van der Waals surface area (Å²) in [7, 11) is 0. The second-order valence-corrected chi connectivity index (χ2v) is 10.2. The first-order valence-electron chi connectivity index (χ1n) is 11.1. The molecule has 0 bridgehead atoms. The molecule has 0 unspecified atom stereocenters. The van der Waals surface area contributed by atoms with Crippen molar-refractivity contribution in [3.05, 3.63) is 124 Å². The van der Waals surface area contributed by atoms with Crippen LogP contribution in [0, 0.1) is 0 Å². The van der Waals surface area contributed by atoms with Crippen LogP contribution in [0.15, 0.2) is 124 Å². The topological polar surface area (TPSA) is 12.9 Å². The Kier molecular flexibility index (Phi) is 5.52. The molecular weight excluding hydrogens is 546 g/mol. The molecule has 3 heteroatoms. The normalized spacial score (nSPS) is 11.2. The summed E-state index contributed by atoms with van der Waals surface area (Å²) in [5.41, 5.74) is 6.43. The van der Waals surface area contributed by atoms with Gasteiger partial charge in [-0.1, -0.05) is 105 Å². The van der Waals surface area contributed by atoms with Gasteiger partial charge in [0, 0.05) is 20.1 Å². The molecular formula is C31H19Br2N. The minimum Gasteiger partial charge on any atom is -0.248 e. The largest absolute Gasteiger partial charge is 0.248 e. The molecule has 0 spiro atoms. The van der Waals surface area contributed by atoms with Crippen molar-refractivity contribution in [2.24, 2.45) is 0 Å². The van der Waals surface area contributed by atoms with Gasteiger partial charge in [-0.15, -0.1) is 0 Å². The number of fused-ring (bicyclic) bond motifs is 3. The first-order valence-corrected chi connectivity index (χ1v) is 12.7. The van der Waals surface area contributed by atoms with E-state index in [1.807, 2.05) is 12.1 Å². The van der Waals surface area contributed by atoms with Crippen LogP contribution in [-0.2, 0) is 0 Å². The molecule has 0 aliphatic carbocycles. The highest BCUT2D eigenvalue weighted by Crippen LogP contribution is 2.38. The molecule has 5 aromatic carbocycles. The van der Waals surface area contributed by atoms with Gasteiger partial charge in [0.2, 0.25) is 0 Å². The zero-order valence-corrected chi connectivity index (χ0v) is 21.3. The highest BCUT2D eigenvalue weighted by atomic mass is 79.9. The fraction of sp³-hybridized carbons (Fsp3) is 0. The molecule has 6 rings (SSSR count). The molecule has 0 saturated carbocycles. The average Bonchev–Trinajstić information content (AvgIpc) is 2.88. The minimum atomic E-state index is 0.950. The molecule has 1 aromatic heterocycles. The van der Waals surface area contributed by atoms with Crippen LogP contribution < -0.4 is 0 Å². The number of nitrogens with zero attached hydrogens (tertiary/aromatic N) is 1. The monoisotopic (exact) mass is 563 g/mol. The predicted molar refractivity (Wildman–Crippen MR) is 151 cm³/mol. The van der Waals surface area contributed by atoms with Gasteiger partial charge in [0.1, 0.15) is 0 Å². The first-order chi connectivity index (χ1) is 16.7. The van der Waals surface area contributed by atoms with Gasteiger partial charge in [-0.25, -0.2) is 4.98 Å². The lowest BCUT2D eigenvalue weighted by Gasteiger charge is -2.14. The Bertz CT molecular complexity index is 1620. The van der Waals surface area contributed by atoms with Crippen LogP contribution in [0.3, 0.4) is 0 Å². The third kappa shape index (κ3) is 3.96. The molecule has 0 amide bonds. The van der Waals surface area contributed by atoms with Crippen molar-refractivity contribution in [2.45, 2.75) is 0 Å². The molecule has 0 fully saturated rings. The van der Waals surface area contributed by atoms with Gasteiger partial charge in [0.25, 0.3) is 0 Å². The Hall–Kier alpha value is -3.27. The molecule has 1 nitrogen and oxygen atoms in total. The van der Waals surface area contributed by atoms with E-state index in [4.69, 9.17) is 4.98 Å². The van der Waals surface area contributed by atoms with Crippen molar-refractivity contribution in [3.63, 3.8) is 0 Å². The standard InChI is InChI=1S/C31H19Br2N/c32-24-10-5-8-21(15-24)30-18-23(19-31(34-30)22-9-6-11-25(33)16-22)29-17-20-7-1-2-12-26(20)27-13-3-4-14-28(27)29/h1-19H. The van der Waals surface area contributed by atoms with E-state index >= 15 is 0 Å². The van der Waals surface area contributed by atoms with Crippen LogP contribution in [0.2, 0.25) is 0 Å². The van der Waals surface area contributed by atoms with Crippen LogP contribution in [0.4, 0.5) is 0 Å². The SMILES string of the molecule is Brc1cccc(-c2cc(-c3cc4ccccc4c4ccccc34)cc(-c3cccc(Br)c3)n2)c1. The third-order valence-corrected chi connectivity index (χ3v) is 7.13. The molecule has 0 atom stereocenters. The van der Waals surface area contributed by atoms with Crippen LogP contribution >= 0.6 is 31.9 Å². The van der Waals surface area contributed by atoms with Crippen molar-refractivity contribution < 1.29 is 0 Å². The van der Waals surface area contributed by atoms with E-state index in [-0.39, 0.29) is 0 Å². The maximum atomic E-state index is 5.08. The number of benzene rings is 5. The number of rotatable bonds is 3. The number of pyridine rings is 1. The second-order valence-electron chi connectivity index (χ2n) is 8.34. The minimum absolute atomic E-state index is 0.950. The summed E-state index contributed by atoms with van der Waals surface area (Å²) in [5.74, 6) is 0. The maximum absolute atomic E-state index is 5.08. The Morgan fingerprint density at radius 1 is 0.441 bits per heavy atom. The fourth-order valence-corrected chi connectivity index (χ4v) is 5.37. The second kappa shape index (κ2) is 8.83. The van der Waals surface area contributed by atoms with Crippen LogP contribution in [-0.4, -0.2) is 4.98 Å². The first kappa shape index (κ1) is 21.3. The summed E-state index contributed by atoms with van der Waals surface area (Å²) in [5, 5.41) is 5.02. The van der Waals surface area contributed by atoms with E-state index in [0.717, 1.165) is 37.0 Å². The molecule has 34 heavy (non-hydrogen) atoms. The summed E-state index contributed by atoms with van der Waals surface area (Å²) < 4.78 is 2.08. The highest BCUT2D eigenvalue weighted by Gasteiger charge is 2.13. The number of hydrogen-bond acceptors (Lipinski definition) is 1. The summed E-state index contributed by atoms with van der Waals surface area (Å²) in [6, 6.07) is 40.6. The molecule has 6 aromatic rings. The Morgan fingerprint density at radius 3 is 1.62 bits per heavy atom. The molecule has 1 heterocycles. The molecule has 0 aliphatic rings. The molecule has 162 valence electrons. The van der Waals surface area contributed by atoms with Gasteiger partial charge in [-0.2, -0.15) is 0 Å². The van der Waals surface area contributed by atoms with Crippen LogP contribution in [0.25, 0.3) is 55.2 Å². The van der Waals surface area contributed by atoms with Crippen molar-refractivity contribution in [2.75, 3.05) is 0 Å². The van der Waals surface area contributed by atoms with Crippen LogP contribution in [0.5, 0.6) is 0 Å². The van der Waals surface area contributed by atoms with E-state index in [0.29, 0.717) is 0 Å². The molecule has 0 aliphatic heterocycles. The zero-order valence-electron chi connectivity index (χ0n) is 18.2. The lowest BCUT2D eigenvalue weighted by atomic mass is 9.92. The number of halogens is 2. The smallest absolute Gasteiger partial charge is 0.0716 e. The van der Waals surface area contributed by atoms with Crippen molar-refractivity contribution in [3.8, 4) is 33.6 Å². The van der Waals surface area contributed by atoms with Gasteiger partial charge in [0.15, 0.2) is 0 Å². The van der Waals surface area contributed by atoms with Gasteiger partial charge in [0.05, 0.1) is 11.4 Å².